The number of halogens is 3. The Hall–Kier alpha value is -3.84. The van der Waals surface area contributed by atoms with Crippen LogP contribution >= 0.6 is 11.3 Å². The number of nitrogens with zero attached hydrogens (tertiary/aromatic N) is 3. The van der Waals surface area contributed by atoms with Crippen LogP contribution in [0.3, 0.4) is 0 Å². The molecule has 0 saturated heterocycles. The van der Waals surface area contributed by atoms with Crippen LogP contribution in [0.25, 0.3) is 21.8 Å². The second-order valence-electron chi connectivity index (χ2n) is 9.44. The van der Waals surface area contributed by atoms with E-state index in [0.717, 1.165) is 24.3 Å². The smallest absolute Gasteiger partial charge is 0.267 e. The molecule has 0 bridgehead atoms. The quantitative estimate of drug-likeness (QED) is 0.274. The summed E-state index contributed by atoms with van der Waals surface area (Å²) >= 11 is 1.26. The molecule has 2 aromatic carbocycles. The lowest BCUT2D eigenvalue weighted by Crippen LogP contribution is -2.17. The first-order valence-electron chi connectivity index (χ1n) is 11.7. The molecule has 8 nitrogen and oxygen atoms in total. The summed E-state index contributed by atoms with van der Waals surface area (Å²) in [6, 6.07) is 8.11. The van der Waals surface area contributed by atoms with Crippen molar-refractivity contribution in [2.75, 3.05) is 10.0 Å². The van der Waals surface area contributed by atoms with Gasteiger partial charge in [-0.05, 0) is 30.3 Å². The third-order valence-corrected chi connectivity index (χ3v) is 8.33. The summed E-state index contributed by atoms with van der Waals surface area (Å²) < 4.78 is 71.8. The van der Waals surface area contributed by atoms with E-state index in [1.54, 1.807) is 13.0 Å². The second-order valence-corrected chi connectivity index (χ2v) is 12.1. The van der Waals surface area contributed by atoms with E-state index in [1.165, 1.54) is 29.7 Å². The molecule has 0 aliphatic carbocycles. The van der Waals surface area contributed by atoms with E-state index in [-0.39, 0.29) is 29.5 Å². The fourth-order valence-electron chi connectivity index (χ4n) is 3.48. The van der Waals surface area contributed by atoms with E-state index in [1.807, 2.05) is 25.5 Å². The number of anilines is 2. The Labute approximate surface area is 227 Å². The third-order valence-electron chi connectivity index (χ3n) is 5.42. The summed E-state index contributed by atoms with van der Waals surface area (Å²) in [5.41, 5.74) is -0.485. The summed E-state index contributed by atoms with van der Waals surface area (Å²) in [6.45, 7) is 7.46. The van der Waals surface area contributed by atoms with Gasteiger partial charge in [0.15, 0.2) is 10.7 Å². The van der Waals surface area contributed by atoms with Crippen molar-refractivity contribution in [2.45, 2.75) is 44.4 Å². The highest BCUT2D eigenvalue weighted by atomic mass is 32.2. The van der Waals surface area contributed by atoms with Gasteiger partial charge in [0.05, 0.1) is 27.0 Å². The highest BCUT2D eigenvalue weighted by Crippen LogP contribution is 2.42. The van der Waals surface area contributed by atoms with Crippen LogP contribution in [0.4, 0.5) is 24.8 Å². The first kappa shape index (κ1) is 28.2. The summed E-state index contributed by atoms with van der Waals surface area (Å²) in [4.78, 5) is 24.2. The maximum absolute atomic E-state index is 15.9. The highest BCUT2D eigenvalue weighted by Gasteiger charge is 2.28. The number of sulfonamides is 1. The molecule has 204 valence electrons. The lowest BCUT2D eigenvalue weighted by Gasteiger charge is -2.14. The molecule has 4 rings (SSSR count). The zero-order chi connectivity index (χ0) is 28.5. The van der Waals surface area contributed by atoms with Gasteiger partial charge < -0.3 is 0 Å². The molecule has 0 unspecified atom stereocenters. The Kier molecular flexibility index (Phi) is 7.75. The van der Waals surface area contributed by atoms with Gasteiger partial charge >= 0.3 is 0 Å². The first-order chi connectivity index (χ1) is 18.3. The summed E-state index contributed by atoms with van der Waals surface area (Å²) in [5.74, 6) is -3.86. The Morgan fingerprint density at radius 2 is 1.67 bits per heavy atom. The molecular weight excluding hydrogens is 551 g/mol. The van der Waals surface area contributed by atoms with E-state index < -0.39 is 43.5 Å². The van der Waals surface area contributed by atoms with Gasteiger partial charge in [-0.15, -0.1) is 11.3 Å². The number of thiazole rings is 1. The van der Waals surface area contributed by atoms with Crippen molar-refractivity contribution < 1.29 is 26.4 Å². The third kappa shape index (κ3) is 5.93. The van der Waals surface area contributed by atoms with Gasteiger partial charge in [-0.3, -0.25) is 14.8 Å². The van der Waals surface area contributed by atoms with Crippen molar-refractivity contribution in [3.63, 3.8) is 0 Å². The Bertz CT molecular complexity index is 1650. The Balaban J connectivity index is 1.83. The van der Waals surface area contributed by atoms with E-state index in [2.05, 4.69) is 20.3 Å². The average Bonchev–Trinajstić information content (AvgIpc) is 3.31. The number of hydrogen-bond acceptors (Lipinski definition) is 7. The lowest BCUT2D eigenvalue weighted by molar-refractivity contribution is -0.115. The predicted molar refractivity (Wildman–Crippen MR) is 143 cm³/mol. The minimum absolute atomic E-state index is 0.0601. The van der Waals surface area contributed by atoms with Crippen LogP contribution in [0.5, 0.6) is 0 Å². The molecule has 0 radical (unpaired) electrons. The number of hydrogen-bond donors (Lipinski definition) is 2. The molecule has 2 N–H and O–H groups in total. The van der Waals surface area contributed by atoms with Gasteiger partial charge in [0.2, 0.25) is 11.9 Å². The molecule has 2 heterocycles. The normalized spacial score (nSPS) is 11.9. The maximum atomic E-state index is 15.9. The molecule has 0 spiro atoms. The molecule has 13 heteroatoms. The van der Waals surface area contributed by atoms with Crippen molar-refractivity contribution in [1.29, 1.82) is 0 Å². The second kappa shape index (κ2) is 10.7. The minimum Gasteiger partial charge on any atom is -0.295 e. The molecular formula is C26H24F3N5O3S2. The molecule has 0 aliphatic rings. The van der Waals surface area contributed by atoms with Gasteiger partial charge in [-0.25, -0.2) is 36.5 Å². The van der Waals surface area contributed by atoms with E-state index >= 15 is 4.39 Å². The average molecular weight is 576 g/mol. The molecule has 0 aliphatic heterocycles. The number of carbonyl (C=O) groups is 1. The topological polar surface area (TPSA) is 114 Å². The Morgan fingerprint density at radius 1 is 1.00 bits per heavy atom. The number of amides is 1. The van der Waals surface area contributed by atoms with E-state index in [0.29, 0.717) is 15.6 Å². The zero-order valence-corrected chi connectivity index (χ0v) is 23.0. The maximum Gasteiger partial charge on any atom is 0.267 e. The first-order valence-corrected chi connectivity index (χ1v) is 14.0. The molecule has 0 saturated carbocycles. The molecule has 1 amide bonds. The number of benzene rings is 2. The fraction of sp³-hybridized carbons (Fsp3) is 0.231. The van der Waals surface area contributed by atoms with Gasteiger partial charge in [0.25, 0.3) is 10.0 Å². The largest absolute Gasteiger partial charge is 0.295 e. The van der Waals surface area contributed by atoms with Gasteiger partial charge in [0, 0.05) is 23.6 Å². The molecule has 0 atom stereocenters. The summed E-state index contributed by atoms with van der Waals surface area (Å²) in [7, 11) is -4.81. The fourth-order valence-corrected chi connectivity index (χ4v) is 5.79. The van der Waals surface area contributed by atoms with Crippen LogP contribution < -0.4 is 10.0 Å². The van der Waals surface area contributed by atoms with Gasteiger partial charge in [-0.1, -0.05) is 39.8 Å². The summed E-state index contributed by atoms with van der Waals surface area (Å²) in [6.07, 6.45) is 1.66. The van der Waals surface area contributed by atoms with Crippen molar-refractivity contribution >= 4 is 38.9 Å². The van der Waals surface area contributed by atoms with E-state index in [9.17, 15) is 22.0 Å². The molecule has 39 heavy (non-hydrogen) atoms. The van der Waals surface area contributed by atoms with Crippen LogP contribution in [0.1, 0.15) is 39.1 Å². The number of aromatic nitrogens is 3. The van der Waals surface area contributed by atoms with Crippen molar-refractivity contribution in [3.05, 3.63) is 71.1 Å². The zero-order valence-electron chi connectivity index (χ0n) is 21.3. The Morgan fingerprint density at radius 3 is 2.31 bits per heavy atom. The van der Waals surface area contributed by atoms with Crippen LogP contribution in [0.2, 0.25) is 0 Å². The molecule has 4 aromatic rings. The SMILES string of the molecule is CCC(=O)Nc1nccc(-c2sc(C(C)(C)C)nc2-c2cccc(NS(=O)(=O)c3c(F)cccc3F)c2F)n1. The van der Waals surface area contributed by atoms with Crippen molar-refractivity contribution in [3.8, 4) is 21.8 Å². The van der Waals surface area contributed by atoms with Crippen LogP contribution in [0.15, 0.2) is 53.6 Å². The standard InChI is InChI=1S/C26H24F3N5O3S2/c1-5-19(35)32-25-30-13-12-18(31-25)22-21(33-24(38-22)26(2,3)4)14-8-6-11-17(20(14)29)34-39(36,37)23-15(27)9-7-10-16(23)28/h6-13,34H,5H2,1-4H3,(H,30,31,32,35). The highest BCUT2D eigenvalue weighted by molar-refractivity contribution is 7.92. The summed E-state index contributed by atoms with van der Waals surface area (Å²) in [5, 5.41) is 3.22. The number of nitrogens with one attached hydrogen (secondary N) is 2. The van der Waals surface area contributed by atoms with Crippen molar-refractivity contribution in [1.82, 2.24) is 15.0 Å². The van der Waals surface area contributed by atoms with Gasteiger partial charge in [0.1, 0.15) is 11.6 Å². The van der Waals surface area contributed by atoms with Gasteiger partial charge in [-0.2, -0.15) is 0 Å². The monoisotopic (exact) mass is 575 g/mol. The molecule has 0 fully saturated rings. The number of carbonyl (C=O) groups excluding carboxylic acids is 1. The van der Waals surface area contributed by atoms with Crippen LogP contribution in [-0.4, -0.2) is 29.3 Å². The minimum atomic E-state index is -4.81. The lowest BCUT2D eigenvalue weighted by atomic mass is 9.98. The van der Waals surface area contributed by atoms with Crippen molar-refractivity contribution in [2.24, 2.45) is 0 Å². The number of rotatable bonds is 7. The molecule has 2 aromatic heterocycles. The van der Waals surface area contributed by atoms with E-state index in [4.69, 9.17) is 0 Å². The van der Waals surface area contributed by atoms with Crippen LogP contribution in [-0.2, 0) is 20.2 Å². The van der Waals surface area contributed by atoms with Crippen LogP contribution in [0, 0.1) is 17.5 Å². The predicted octanol–water partition coefficient (Wildman–Crippen LogP) is 6.13.